The lowest BCUT2D eigenvalue weighted by Gasteiger charge is -2.30. The van der Waals surface area contributed by atoms with E-state index in [4.69, 9.17) is 5.10 Å². The first kappa shape index (κ1) is 16.9. The van der Waals surface area contributed by atoms with Crippen LogP contribution in [-0.2, 0) is 6.54 Å². The molecule has 0 atom stereocenters. The van der Waals surface area contributed by atoms with E-state index >= 15 is 0 Å². The monoisotopic (exact) mass is 375 g/mol. The molecule has 0 bridgehead atoms. The topological polar surface area (TPSA) is 89.9 Å². The van der Waals surface area contributed by atoms with E-state index in [-0.39, 0.29) is 0 Å². The lowest BCUT2D eigenvalue weighted by atomic mass is 9.96. The molecule has 0 radical (unpaired) electrons. The second-order valence-corrected chi connectivity index (χ2v) is 7.12. The summed E-state index contributed by atoms with van der Waals surface area (Å²) in [6.07, 6.45) is 7.51. The summed E-state index contributed by atoms with van der Waals surface area (Å²) >= 11 is 0. The van der Waals surface area contributed by atoms with Crippen molar-refractivity contribution < 1.29 is 0 Å². The smallest absolute Gasteiger partial charge is 0.178 e. The number of hydrogen-bond acceptors (Lipinski definition) is 7. The second kappa shape index (κ2) is 7.08. The van der Waals surface area contributed by atoms with Crippen molar-refractivity contribution in [3.05, 3.63) is 60.2 Å². The van der Waals surface area contributed by atoms with Crippen molar-refractivity contribution in [3.8, 4) is 5.82 Å². The van der Waals surface area contributed by atoms with E-state index in [9.17, 15) is 0 Å². The van der Waals surface area contributed by atoms with Crippen molar-refractivity contribution in [2.24, 2.45) is 0 Å². The van der Waals surface area contributed by atoms with Gasteiger partial charge in [0.15, 0.2) is 17.3 Å². The van der Waals surface area contributed by atoms with Crippen LogP contribution in [0.4, 0.5) is 0 Å². The second-order valence-electron chi connectivity index (χ2n) is 7.12. The summed E-state index contributed by atoms with van der Waals surface area (Å²) in [7, 11) is 0. The third-order valence-corrected chi connectivity index (χ3v) is 5.18. The van der Waals surface area contributed by atoms with E-state index in [1.165, 1.54) is 0 Å². The number of nitrogens with zero attached hydrogens (tertiary/aromatic N) is 9. The number of rotatable bonds is 4. The third-order valence-electron chi connectivity index (χ3n) is 5.18. The SMILES string of the molecule is Cc1nccc(CN2CCC(c3nnc4ccc(-n5cccn5)nn34)CC2)n1. The summed E-state index contributed by atoms with van der Waals surface area (Å²) in [6, 6.07) is 7.72. The standard InChI is InChI=1S/C19H21N9/c1-14-20-9-5-16(22-14)13-26-11-6-15(7-12-26)19-24-23-17-3-4-18(25-28(17)19)27-10-2-8-21-27/h2-5,8-10,15H,6-7,11-13H2,1H3. The molecule has 142 valence electrons. The molecule has 0 aliphatic carbocycles. The highest BCUT2D eigenvalue weighted by Crippen LogP contribution is 2.27. The zero-order chi connectivity index (χ0) is 18.9. The van der Waals surface area contributed by atoms with Crippen LogP contribution in [0, 0.1) is 6.92 Å². The fourth-order valence-electron chi connectivity index (χ4n) is 3.75. The molecular weight excluding hydrogens is 354 g/mol. The lowest BCUT2D eigenvalue weighted by molar-refractivity contribution is 0.198. The Morgan fingerprint density at radius 2 is 1.96 bits per heavy atom. The molecule has 28 heavy (non-hydrogen) atoms. The number of aryl methyl sites for hydroxylation is 1. The van der Waals surface area contributed by atoms with Gasteiger partial charge >= 0.3 is 0 Å². The Hall–Kier alpha value is -3.20. The normalized spacial score (nSPS) is 16.0. The fourth-order valence-corrected chi connectivity index (χ4v) is 3.75. The predicted octanol–water partition coefficient (Wildman–Crippen LogP) is 1.79. The maximum absolute atomic E-state index is 4.71. The molecular formula is C19H21N9. The highest BCUT2D eigenvalue weighted by Gasteiger charge is 2.25. The summed E-state index contributed by atoms with van der Waals surface area (Å²) in [5.41, 5.74) is 1.84. The molecule has 9 heteroatoms. The van der Waals surface area contributed by atoms with Gasteiger partial charge in [0.1, 0.15) is 5.82 Å². The number of fused-ring (bicyclic) bond motifs is 1. The van der Waals surface area contributed by atoms with Gasteiger partial charge in [-0.15, -0.1) is 15.3 Å². The Morgan fingerprint density at radius 1 is 1.07 bits per heavy atom. The van der Waals surface area contributed by atoms with Crippen molar-refractivity contribution >= 4 is 5.65 Å². The molecule has 0 saturated carbocycles. The molecule has 0 aromatic carbocycles. The Balaban J connectivity index is 1.32. The van der Waals surface area contributed by atoms with E-state index in [0.717, 1.165) is 61.3 Å². The highest BCUT2D eigenvalue weighted by molar-refractivity contribution is 5.39. The number of piperidine rings is 1. The highest BCUT2D eigenvalue weighted by atomic mass is 15.4. The third kappa shape index (κ3) is 3.24. The van der Waals surface area contributed by atoms with Gasteiger partial charge in [-0.2, -0.15) is 9.61 Å². The van der Waals surface area contributed by atoms with E-state index in [0.29, 0.717) is 5.92 Å². The first-order valence-electron chi connectivity index (χ1n) is 9.49. The molecule has 1 fully saturated rings. The van der Waals surface area contributed by atoms with E-state index in [1.807, 2.05) is 48.1 Å². The quantitative estimate of drug-likeness (QED) is 0.537. The Bertz CT molecular complexity index is 1080. The van der Waals surface area contributed by atoms with Crippen LogP contribution < -0.4 is 0 Å². The lowest BCUT2D eigenvalue weighted by Crippen LogP contribution is -2.33. The molecule has 0 N–H and O–H groups in total. The molecule has 0 unspecified atom stereocenters. The van der Waals surface area contributed by atoms with Gasteiger partial charge in [0, 0.05) is 31.1 Å². The Labute approximate surface area is 162 Å². The van der Waals surface area contributed by atoms with Crippen LogP contribution in [0.15, 0.2) is 42.9 Å². The number of hydrogen-bond donors (Lipinski definition) is 0. The maximum atomic E-state index is 4.71. The molecule has 5 heterocycles. The van der Waals surface area contributed by atoms with Crippen molar-refractivity contribution in [2.75, 3.05) is 13.1 Å². The van der Waals surface area contributed by atoms with Crippen LogP contribution >= 0.6 is 0 Å². The van der Waals surface area contributed by atoms with Gasteiger partial charge in [0.2, 0.25) is 0 Å². The molecule has 1 saturated heterocycles. The summed E-state index contributed by atoms with van der Waals surface area (Å²) < 4.78 is 3.61. The zero-order valence-electron chi connectivity index (χ0n) is 15.7. The van der Waals surface area contributed by atoms with Gasteiger partial charge in [-0.1, -0.05) is 0 Å². The van der Waals surface area contributed by atoms with Crippen molar-refractivity contribution in [1.29, 1.82) is 0 Å². The van der Waals surface area contributed by atoms with Crippen molar-refractivity contribution in [1.82, 2.24) is 44.5 Å². The molecule has 9 nitrogen and oxygen atoms in total. The minimum atomic E-state index is 0.346. The van der Waals surface area contributed by atoms with Crippen LogP contribution in [0.25, 0.3) is 11.5 Å². The van der Waals surface area contributed by atoms with Gasteiger partial charge in [-0.25, -0.2) is 14.6 Å². The molecule has 0 amide bonds. The van der Waals surface area contributed by atoms with Gasteiger partial charge in [0.25, 0.3) is 0 Å². The van der Waals surface area contributed by atoms with Crippen LogP contribution in [-0.4, -0.2) is 57.5 Å². The average Bonchev–Trinajstić information content (AvgIpc) is 3.38. The number of likely N-dealkylation sites (tertiary alicyclic amines) is 1. The minimum Gasteiger partial charge on any atom is -0.297 e. The van der Waals surface area contributed by atoms with Crippen LogP contribution in [0.3, 0.4) is 0 Å². The van der Waals surface area contributed by atoms with E-state index < -0.39 is 0 Å². The molecule has 4 aromatic rings. The van der Waals surface area contributed by atoms with Gasteiger partial charge in [-0.05, 0) is 57.1 Å². The van der Waals surface area contributed by atoms with Gasteiger partial charge in [-0.3, -0.25) is 4.90 Å². The zero-order valence-corrected chi connectivity index (χ0v) is 15.7. The van der Waals surface area contributed by atoms with Gasteiger partial charge < -0.3 is 0 Å². The van der Waals surface area contributed by atoms with Crippen molar-refractivity contribution in [2.45, 2.75) is 32.2 Å². The molecule has 1 aliphatic rings. The molecule has 1 aliphatic heterocycles. The summed E-state index contributed by atoms with van der Waals surface area (Å²) in [4.78, 5) is 11.1. The van der Waals surface area contributed by atoms with E-state index in [1.54, 1.807) is 10.9 Å². The number of aromatic nitrogens is 8. The molecule has 0 spiro atoms. The molecule has 5 rings (SSSR count). The fraction of sp³-hybridized carbons (Fsp3) is 0.368. The summed E-state index contributed by atoms with van der Waals surface area (Å²) in [5, 5.41) is 17.7. The predicted molar refractivity (Wildman–Crippen MR) is 102 cm³/mol. The summed E-state index contributed by atoms with van der Waals surface area (Å²) in [6.45, 7) is 4.79. The first-order valence-corrected chi connectivity index (χ1v) is 9.49. The largest absolute Gasteiger partial charge is 0.297 e. The molecule has 4 aromatic heterocycles. The van der Waals surface area contributed by atoms with E-state index in [2.05, 4.69) is 30.2 Å². The Kier molecular flexibility index (Phi) is 4.28. The Morgan fingerprint density at radius 3 is 2.75 bits per heavy atom. The average molecular weight is 375 g/mol. The summed E-state index contributed by atoms with van der Waals surface area (Å²) in [5.74, 6) is 2.86. The minimum absolute atomic E-state index is 0.346. The first-order chi connectivity index (χ1) is 13.8. The van der Waals surface area contributed by atoms with Crippen molar-refractivity contribution in [3.63, 3.8) is 0 Å². The van der Waals surface area contributed by atoms with Gasteiger partial charge in [0.05, 0.1) is 5.69 Å². The van der Waals surface area contributed by atoms with Crippen LogP contribution in [0.1, 0.15) is 36.1 Å². The maximum Gasteiger partial charge on any atom is 0.178 e. The van der Waals surface area contributed by atoms with Crippen LogP contribution in [0.2, 0.25) is 0 Å². The van der Waals surface area contributed by atoms with Crippen LogP contribution in [0.5, 0.6) is 0 Å².